The zero-order valence-electron chi connectivity index (χ0n) is 9.96. The van der Waals surface area contributed by atoms with Crippen molar-refractivity contribution in [2.24, 2.45) is 0 Å². The third-order valence-corrected chi connectivity index (χ3v) is 8.17. The summed E-state index contributed by atoms with van der Waals surface area (Å²) in [6.45, 7) is 7.33. The van der Waals surface area contributed by atoms with Crippen LogP contribution in [0.1, 0.15) is 19.8 Å². The van der Waals surface area contributed by atoms with Crippen molar-refractivity contribution in [3.05, 3.63) is 42.0 Å². The molecule has 1 atom stereocenters. The first-order valence-corrected chi connectivity index (χ1v) is 8.92. The Hall–Kier alpha value is -0.823. The molecule has 1 aromatic carbocycles. The molecule has 1 aliphatic carbocycles. The van der Waals surface area contributed by atoms with Gasteiger partial charge >= 0.3 is 0 Å². The highest BCUT2D eigenvalue weighted by Crippen LogP contribution is 2.38. The van der Waals surface area contributed by atoms with Crippen LogP contribution in [-0.4, -0.2) is 8.07 Å². The summed E-state index contributed by atoms with van der Waals surface area (Å²) in [5, 5.41) is 1.60. The highest BCUT2D eigenvalue weighted by atomic mass is 28.3. The SMILES string of the molecule is CC1=CCCC1[Si](C)(C)c1ccccc1. The number of benzene rings is 1. The minimum absolute atomic E-state index is 0.861. The van der Waals surface area contributed by atoms with Crippen LogP contribution in [0, 0.1) is 0 Å². The van der Waals surface area contributed by atoms with Gasteiger partial charge in [0.1, 0.15) is 0 Å². The number of allylic oxidation sites excluding steroid dienone is 2. The van der Waals surface area contributed by atoms with Gasteiger partial charge in [0.25, 0.3) is 0 Å². The summed E-state index contributed by atoms with van der Waals surface area (Å²) in [5.74, 6) is 0. The quantitative estimate of drug-likeness (QED) is 0.522. The lowest BCUT2D eigenvalue weighted by Gasteiger charge is -2.31. The normalized spacial score (nSPS) is 21.5. The van der Waals surface area contributed by atoms with Crippen molar-refractivity contribution >= 4 is 13.3 Å². The summed E-state index contributed by atoms with van der Waals surface area (Å²) < 4.78 is 0. The molecule has 0 saturated carbocycles. The van der Waals surface area contributed by atoms with Gasteiger partial charge in [-0.25, -0.2) is 0 Å². The lowest BCUT2D eigenvalue weighted by atomic mass is 10.2. The molecule has 0 N–H and O–H groups in total. The maximum absolute atomic E-state index is 2.51. The van der Waals surface area contributed by atoms with Crippen molar-refractivity contribution in [1.82, 2.24) is 0 Å². The first kappa shape index (κ1) is 10.7. The van der Waals surface area contributed by atoms with Crippen molar-refractivity contribution < 1.29 is 0 Å². The van der Waals surface area contributed by atoms with Crippen LogP contribution in [0.5, 0.6) is 0 Å². The van der Waals surface area contributed by atoms with Crippen molar-refractivity contribution in [3.63, 3.8) is 0 Å². The van der Waals surface area contributed by atoms with Crippen LogP contribution in [0.15, 0.2) is 42.0 Å². The maximum Gasteiger partial charge on any atom is 0.0876 e. The van der Waals surface area contributed by atoms with Crippen molar-refractivity contribution in [2.45, 2.75) is 38.4 Å². The predicted octanol–water partition coefficient (Wildman–Crippen LogP) is 3.71. The van der Waals surface area contributed by atoms with E-state index in [-0.39, 0.29) is 0 Å². The van der Waals surface area contributed by atoms with Gasteiger partial charge in [-0.3, -0.25) is 0 Å². The molecule has 1 aromatic rings. The van der Waals surface area contributed by atoms with Crippen LogP contribution in [0.2, 0.25) is 18.6 Å². The molecular weight excluding hydrogens is 196 g/mol. The second kappa shape index (κ2) is 3.97. The largest absolute Gasteiger partial charge is 0.0876 e. The van der Waals surface area contributed by atoms with Crippen LogP contribution in [0.3, 0.4) is 0 Å². The molecule has 0 radical (unpaired) electrons. The fraction of sp³-hybridized carbons (Fsp3) is 0.429. The first-order valence-electron chi connectivity index (χ1n) is 5.84. The van der Waals surface area contributed by atoms with Crippen molar-refractivity contribution in [3.8, 4) is 0 Å². The molecule has 0 aromatic heterocycles. The van der Waals surface area contributed by atoms with Gasteiger partial charge in [0.05, 0.1) is 8.07 Å². The Morgan fingerprint density at radius 2 is 1.80 bits per heavy atom. The van der Waals surface area contributed by atoms with Crippen LogP contribution < -0.4 is 5.19 Å². The van der Waals surface area contributed by atoms with E-state index in [0.29, 0.717) is 0 Å². The summed E-state index contributed by atoms with van der Waals surface area (Å²) >= 11 is 0. The van der Waals surface area contributed by atoms with E-state index < -0.39 is 8.07 Å². The molecule has 0 amide bonds. The summed E-state index contributed by atoms with van der Waals surface area (Å²) in [6, 6.07) is 11.1. The molecule has 1 heteroatoms. The fourth-order valence-electron chi connectivity index (χ4n) is 2.85. The summed E-state index contributed by atoms with van der Waals surface area (Å²) in [6.07, 6.45) is 5.10. The third kappa shape index (κ3) is 1.93. The van der Waals surface area contributed by atoms with Crippen LogP contribution >= 0.6 is 0 Å². The number of hydrogen-bond acceptors (Lipinski definition) is 0. The van der Waals surface area contributed by atoms with Gasteiger partial charge in [-0.2, -0.15) is 0 Å². The second-order valence-corrected chi connectivity index (χ2v) is 9.88. The molecule has 0 nitrogen and oxygen atoms in total. The lowest BCUT2D eigenvalue weighted by molar-refractivity contribution is 0.874. The molecule has 15 heavy (non-hydrogen) atoms. The Morgan fingerprint density at radius 1 is 1.13 bits per heavy atom. The van der Waals surface area contributed by atoms with E-state index in [1.165, 1.54) is 12.8 Å². The summed E-state index contributed by atoms with van der Waals surface area (Å²) in [5.41, 5.74) is 2.50. The predicted molar refractivity (Wildman–Crippen MR) is 70.3 cm³/mol. The molecule has 0 spiro atoms. The minimum Gasteiger partial charge on any atom is -0.0856 e. The average Bonchev–Trinajstić information content (AvgIpc) is 2.66. The molecule has 0 saturated heterocycles. The van der Waals surface area contributed by atoms with E-state index in [2.05, 4.69) is 56.4 Å². The zero-order valence-corrected chi connectivity index (χ0v) is 11.0. The standard InChI is InChI=1S/C14H20Si/c1-12-8-7-11-14(12)15(2,3)13-9-5-4-6-10-13/h4-6,8-10,14H,7,11H2,1-3H3. The molecule has 2 rings (SSSR count). The lowest BCUT2D eigenvalue weighted by Crippen LogP contribution is -2.45. The van der Waals surface area contributed by atoms with Crippen LogP contribution in [0.25, 0.3) is 0 Å². The van der Waals surface area contributed by atoms with Crippen molar-refractivity contribution in [1.29, 1.82) is 0 Å². The van der Waals surface area contributed by atoms with E-state index in [1.807, 2.05) is 0 Å². The molecular formula is C14H20Si. The maximum atomic E-state index is 2.51. The number of rotatable bonds is 2. The molecule has 1 aliphatic rings. The van der Waals surface area contributed by atoms with Gasteiger partial charge in [0.15, 0.2) is 0 Å². The number of hydrogen-bond donors (Lipinski definition) is 0. The molecule has 0 bridgehead atoms. The smallest absolute Gasteiger partial charge is 0.0856 e. The Balaban J connectivity index is 2.31. The monoisotopic (exact) mass is 216 g/mol. The van der Waals surface area contributed by atoms with Gasteiger partial charge in [-0.1, -0.05) is 60.3 Å². The van der Waals surface area contributed by atoms with E-state index >= 15 is 0 Å². The zero-order chi connectivity index (χ0) is 10.9. The molecule has 0 aliphatic heterocycles. The fourth-order valence-corrected chi connectivity index (χ4v) is 6.45. The van der Waals surface area contributed by atoms with E-state index in [1.54, 1.807) is 10.8 Å². The van der Waals surface area contributed by atoms with Gasteiger partial charge in [-0.15, -0.1) is 0 Å². The Bertz CT molecular complexity index is 362. The van der Waals surface area contributed by atoms with Crippen LogP contribution in [0.4, 0.5) is 0 Å². The summed E-state index contributed by atoms with van der Waals surface area (Å²) in [4.78, 5) is 0. The highest BCUT2D eigenvalue weighted by Gasteiger charge is 2.35. The van der Waals surface area contributed by atoms with E-state index in [0.717, 1.165) is 5.54 Å². The van der Waals surface area contributed by atoms with Gasteiger partial charge < -0.3 is 0 Å². The molecule has 80 valence electrons. The minimum atomic E-state index is -1.28. The van der Waals surface area contributed by atoms with Crippen molar-refractivity contribution in [2.75, 3.05) is 0 Å². The van der Waals surface area contributed by atoms with E-state index in [9.17, 15) is 0 Å². The second-order valence-electron chi connectivity index (χ2n) is 5.17. The highest BCUT2D eigenvalue weighted by molar-refractivity contribution is 6.91. The molecule has 0 heterocycles. The van der Waals surface area contributed by atoms with Gasteiger partial charge in [0, 0.05) is 0 Å². The molecule has 1 unspecified atom stereocenters. The average molecular weight is 216 g/mol. The van der Waals surface area contributed by atoms with E-state index in [4.69, 9.17) is 0 Å². The molecule has 0 fully saturated rings. The van der Waals surface area contributed by atoms with Gasteiger partial charge in [0.2, 0.25) is 0 Å². The first-order chi connectivity index (χ1) is 7.12. The Kier molecular flexibility index (Phi) is 2.83. The summed E-state index contributed by atoms with van der Waals surface area (Å²) in [7, 11) is -1.28. The van der Waals surface area contributed by atoms with Gasteiger partial charge in [-0.05, 0) is 25.3 Å². The Morgan fingerprint density at radius 3 is 2.33 bits per heavy atom. The third-order valence-electron chi connectivity index (χ3n) is 3.86. The Labute approximate surface area is 94.0 Å². The van der Waals surface area contributed by atoms with Crippen LogP contribution in [-0.2, 0) is 0 Å². The topological polar surface area (TPSA) is 0 Å².